The van der Waals surface area contributed by atoms with E-state index in [2.05, 4.69) is 37.2 Å². The van der Waals surface area contributed by atoms with Crippen molar-refractivity contribution in [3.63, 3.8) is 0 Å². The maximum atomic E-state index is 12.1. The van der Waals surface area contributed by atoms with Gasteiger partial charge in [0.25, 0.3) is 0 Å². The molecule has 0 fully saturated rings. The van der Waals surface area contributed by atoms with E-state index in [4.69, 9.17) is 0 Å². The number of benzene rings is 1. The standard InChI is InChI=1S/C15H19Br2NO2/c16-7-3-6-12(17)15(20)18-13-8-10-4-1-2-5-11(10)9-14(13)19/h8-9,12,19H,1-7H2,(H,18,20). The summed E-state index contributed by atoms with van der Waals surface area (Å²) in [6.07, 6.45) is 6.09. The first kappa shape index (κ1) is 15.8. The molecular weight excluding hydrogens is 386 g/mol. The van der Waals surface area contributed by atoms with E-state index < -0.39 is 0 Å². The van der Waals surface area contributed by atoms with Crippen LogP contribution in [-0.2, 0) is 17.6 Å². The number of phenols is 1. The van der Waals surface area contributed by atoms with Crippen LogP contribution < -0.4 is 5.32 Å². The van der Waals surface area contributed by atoms with Crippen LogP contribution in [0.4, 0.5) is 5.69 Å². The Morgan fingerprint density at radius 1 is 1.30 bits per heavy atom. The minimum absolute atomic E-state index is 0.1000. The third kappa shape index (κ3) is 3.98. The highest BCUT2D eigenvalue weighted by molar-refractivity contribution is 9.10. The number of carbonyl (C=O) groups is 1. The molecule has 0 aromatic heterocycles. The van der Waals surface area contributed by atoms with Gasteiger partial charge in [0.15, 0.2) is 0 Å². The van der Waals surface area contributed by atoms with Gasteiger partial charge in [0.1, 0.15) is 5.75 Å². The highest BCUT2D eigenvalue weighted by Crippen LogP contribution is 2.32. The maximum Gasteiger partial charge on any atom is 0.238 e. The fourth-order valence-electron chi connectivity index (χ4n) is 2.47. The largest absolute Gasteiger partial charge is 0.506 e. The van der Waals surface area contributed by atoms with Crippen molar-refractivity contribution in [2.45, 2.75) is 43.4 Å². The molecule has 1 aromatic rings. The smallest absolute Gasteiger partial charge is 0.238 e. The van der Waals surface area contributed by atoms with Crippen molar-refractivity contribution in [1.29, 1.82) is 0 Å². The molecule has 0 saturated carbocycles. The molecule has 5 heteroatoms. The lowest BCUT2D eigenvalue weighted by atomic mass is 9.91. The molecule has 0 spiro atoms. The summed E-state index contributed by atoms with van der Waals surface area (Å²) in [5, 5.41) is 13.7. The minimum atomic E-state index is -0.226. The summed E-state index contributed by atoms with van der Waals surface area (Å²) in [4.78, 5) is 11.8. The van der Waals surface area contributed by atoms with Crippen LogP contribution in [0.15, 0.2) is 12.1 Å². The first-order chi connectivity index (χ1) is 9.61. The molecule has 3 nitrogen and oxygen atoms in total. The van der Waals surface area contributed by atoms with E-state index in [0.29, 0.717) is 5.69 Å². The Hall–Kier alpha value is -0.550. The van der Waals surface area contributed by atoms with Crippen molar-refractivity contribution in [3.05, 3.63) is 23.3 Å². The number of rotatable bonds is 5. The normalized spacial score (nSPS) is 15.5. The summed E-state index contributed by atoms with van der Waals surface area (Å²) in [6.45, 7) is 0. The lowest BCUT2D eigenvalue weighted by Gasteiger charge is -2.19. The monoisotopic (exact) mass is 403 g/mol. The van der Waals surface area contributed by atoms with Crippen molar-refractivity contribution in [3.8, 4) is 5.75 Å². The second kappa shape index (κ2) is 7.46. The predicted octanol–water partition coefficient (Wildman–Crippen LogP) is 4.15. The minimum Gasteiger partial charge on any atom is -0.506 e. The SMILES string of the molecule is O=C(Nc1cc2c(cc1O)CCCC2)C(Br)CCCBr. The van der Waals surface area contributed by atoms with Gasteiger partial charge >= 0.3 is 0 Å². The Morgan fingerprint density at radius 2 is 1.95 bits per heavy atom. The Bertz CT molecular complexity index is 491. The number of anilines is 1. The number of halogens is 2. The number of fused-ring (bicyclic) bond motifs is 1. The van der Waals surface area contributed by atoms with Gasteiger partial charge in [-0.05, 0) is 61.8 Å². The molecule has 0 heterocycles. The van der Waals surface area contributed by atoms with E-state index in [9.17, 15) is 9.90 Å². The Labute approximate surface area is 136 Å². The summed E-state index contributed by atoms with van der Waals surface area (Å²) in [6, 6.07) is 3.72. The zero-order chi connectivity index (χ0) is 14.5. The zero-order valence-corrected chi connectivity index (χ0v) is 14.5. The van der Waals surface area contributed by atoms with Crippen LogP contribution in [0.25, 0.3) is 0 Å². The highest BCUT2D eigenvalue weighted by Gasteiger charge is 2.18. The van der Waals surface area contributed by atoms with Crippen LogP contribution in [-0.4, -0.2) is 21.2 Å². The molecule has 1 aromatic carbocycles. The Kier molecular flexibility index (Phi) is 5.90. The van der Waals surface area contributed by atoms with Gasteiger partial charge in [-0.15, -0.1) is 0 Å². The molecule has 0 radical (unpaired) electrons. The van der Waals surface area contributed by atoms with E-state index in [1.165, 1.54) is 24.0 Å². The summed E-state index contributed by atoms with van der Waals surface area (Å²) < 4.78 is 0. The second-order valence-corrected chi connectivity index (χ2v) is 7.03. The molecule has 2 N–H and O–H groups in total. The fourth-order valence-corrected chi connectivity index (χ4v) is 3.23. The molecular formula is C15H19Br2NO2. The average Bonchev–Trinajstić information content (AvgIpc) is 2.45. The van der Waals surface area contributed by atoms with Crippen molar-refractivity contribution >= 4 is 43.5 Å². The van der Waals surface area contributed by atoms with E-state index in [0.717, 1.165) is 31.0 Å². The maximum absolute atomic E-state index is 12.1. The fraction of sp³-hybridized carbons (Fsp3) is 0.533. The molecule has 2 rings (SSSR count). The average molecular weight is 405 g/mol. The topological polar surface area (TPSA) is 49.3 Å². The van der Waals surface area contributed by atoms with Crippen LogP contribution in [0, 0.1) is 0 Å². The number of hydrogen-bond acceptors (Lipinski definition) is 2. The van der Waals surface area contributed by atoms with Crippen molar-refractivity contribution < 1.29 is 9.90 Å². The van der Waals surface area contributed by atoms with Crippen LogP contribution in [0.5, 0.6) is 5.75 Å². The number of hydrogen-bond donors (Lipinski definition) is 2. The van der Waals surface area contributed by atoms with Crippen molar-refractivity contribution in [2.24, 2.45) is 0 Å². The summed E-state index contributed by atoms with van der Waals surface area (Å²) >= 11 is 6.74. The van der Waals surface area contributed by atoms with Gasteiger partial charge < -0.3 is 10.4 Å². The van der Waals surface area contributed by atoms with Crippen LogP contribution >= 0.6 is 31.9 Å². The summed E-state index contributed by atoms with van der Waals surface area (Å²) in [5.41, 5.74) is 2.98. The molecule has 110 valence electrons. The van der Waals surface area contributed by atoms with E-state index >= 15 is 0 Å². The van der Waals surface area contributed by atoms with Gasteiger partial charge in [-0.25, -0.2) is 0 Å². The number of nitrogens with one attached hydrogen (secondary N) is 1. The van der Waals surface area contributed by atoms with Gasteiger partial charge in [-0.2, -0.15) is 0 Å². The lowest BCUT2D eigenvalue weighted by molar-refractivity contribution is -0.115. The molecule has 20 heavy (non-hydrogen) atoms. The van der Waals surface area contributed by atoms with Crippen molar-refractivity contribution in [2.75, 3.05) is 10.6 Å². The number of phenolic OH excluding ortho intramolecular Hbond substituents is 1. The molecule has 1 aliphatic rings. The van der Waals surface area contributed by atoms with Gasteiger partial charge in [0, 0.05) is 5.33 Å². The highest BCUT2D eigenvalue weighted by atomic mass is 79.9. The third-order valence-electron chi connectivity index (χ3n) is 3.59. The molecule has 1 atom stereocenters. The van der Waals surface area contributed by atoms with Gasteiger partial charge in [0.2, 0.25) is 5.91 Å². The number of carbonyl (C=O) groups excluding carboxylic acids is 1. The van der Waals surface area contributed by atoms with E-state index in [1.54, 1.807) is 6.07 Å². The van der Waals surface area contributed by atoms with E-state index in [1.807, 2.05) is 6.07 Å². The predicted molar refractivity (Wildman–Crippen MR) is 89.1 cm³/mol. The zero-order valence-electron chi connectivity index (χ0n) is 11.3. The number of aryl methyl sites for hydroxylation is 2. The molecule has 1 amide bonds. The lowest BCUT2D eigenvalue weighted by Crippen LogP contribution is -2.23. The van der Waals surface area contributed by atoms with Crippen LogP contribution in [0.2, 0.25) is 0 Å². The van der Waals surface area contributed by atoms with Gasteiger partial charge in [-0.1, -0.05) is 31.9 Å². The summed E-state index contributed by atoms with van der Waals surface area (Å²) in [7, 11) is 0. The van der Waals surface area contributed by atoms with Crippen LogP contribution in [0.3, 0.4) is 0 Å². The van der Waals surface area contributed by atoms with Gasteiger partial charge in [-0.3, -0.25) is 4.79 Å². The first-order valence-electron chi connectivity index (χ1n) is 6.97. The number of aromatic hydroxyl groups is 1. The van der Waals surface area contributed by atoms with Gasteiger partial charge in [0.05, 0.1) is 10.5 Å². The molecule has 0 saturated heterocycles. The first-order valence-corrected chi connectivity index (χ1v) is 9.01. The Morgan fingerprint density at radius 3 is 2.60 bits per heavy atom. The summed E-state index contributed by atoms with van der Waals surface area (Å²) in [5.74, 6) is 0.0659. The third-order valence-corrected chi connectivity index (χ3v) is 5.03. The molecule has 1 aliphatic carbocycles. The Balaban J connectivity index is 2.07. The van der Waals surface area contributed by atoms with E-state index in [-0.39, 0.29) is 16.5 Å². The van der Waals surface area contributed by atoms with Crippen LogP contribution in [0.1, 0.15) is 36.8 Å². The number of amides is 1. The molecule has 1 unspecified atom stereocenters. The quantitative estimate of drug-likeness (QED) is 0.572. The number of alkyl halides is 2. The second-order valence-electron chi connectivity index (χ2n) is 5.13. The molecule has 0 bridgehead atoms. The van der Waals surface area contributed by atoms with Crippen molar-refractivity contribution in [1.82, 2.24) is 0 Å². The molecule has 0 aliphatic heterocycles.